The van der Waals surface area contributed by atoms with Gasteiger partial charge in [-0.1, -0.05) is 18.5 Å². The minimum Gasteiger partial charge on any atom is -0.481 e. The zero-order valence-corrected chi connectivity index (χ0v) is 12.2. The third-order valence-corrected chi connectivity index (χ3v) is 4.05. The maximum atomic E-state index is 12.3. The summed E-state index contributed by atoms with van der Waals surface area (Å²) in [5.74, 6) is -2.39. The minimum atomic E-state index is -0.953. The Bertz CT molecular complexity index is 624. The molecule has 1 aliphatic carbocycles. The number of nitrogens with zero attached hydrogens (tertiary/aromatic N) is 1. The molecule has 5 nitrogen and oxygen atoms in total. The van der Waals surface area contributed by atoms with E-state index in [0.717, 1.165) is 0 Å². The summed E-state index contributed by atoms with van der Waals surface area (Å²) in [6.45, 7) is 1.93. The molecule has 1 aromatic carbocycles. The van der Waals surface area contributed by atoms with Gasteiger partial charge in [0.2, 0.25) is 5.91 Å². The summed E-state index contributed by atoms with van der Waals surface area (Å²) >= 11 is 5.86. The van der Waals surface area contributed by atoms with E-state index in [0.29, 0.717) is 29.1 Å². The average molecular weight is 307 g/mol. The molecule has 21 heavy (non-hydrogen) atoms. The largest absolute Gasteiger partial charge is 0.481 e. The second-order valence-corrected chi connectivity index (χ2v) is 5.86. The average Bonchev–Trinajstić information content (AvgIpc) is 2.81. The van der Waals surface area contributed by atoms with Crippen LogP contribution in [0.3, 0.4) is 0 Å². The van der Waals surface area contributed by atoms with Crippen molar-refractivity contribution in [3.63, 3.8) is 0 Å². The van der Waals surface area contributed by atoms with Crippen LogP contribution in [0.2, 0.25) is 5.02 Å². The highest BCUT2D eigenvalue weighted by Crippen LogP contribution is 2.37. The van der Waals surface area contributed by atoms with Crippen molar-refractivity contribution in [2.75, 3.05) is 5.32 Å². The molecule has 1 fully saturated rings. The Morgan fingerprint density at radius 2 is 2.05 bits per heavy atom. The van der Waals surface area contributed by atoms with Crippen LogP contribution < -0.4 is 5.32 Å². The van der Waals surface area contributed by atoms with Crippen molar-refractivity contribution >= 4 is 29.2 Å². The first kappa shape index (κ1) is 15.3. The molecule has 0 bridgehead atoms. The predicted octanol–water partition coefficient (Wildman–Crippen LogP) is 2.90. The number of carbonyl (C=O) groups is 2. The highest BCUT2D eigenvalue weighted by Gasteiger charge is 2.41. The van der Waals surface area contributed by atoms with Crippen LogP contribution in [0, 0.1) is 29.1 Å². The van der Waals surface area contributed by atoms with E-state index < -0.39 is 17.8 Å². The van der Waals surface area contributed by atoms with E-state index >= 15 is 0 Å². The number of nitriles is 1. The zero-order chi connectivity index (χ0) is 15.6. The molecule has 3 atom stereocenters. The van der Waals surface area contributed by atoms with Crippen molar-refractivity contribution in [2.45, 2.75) is 19.8 Å². The van der Waals surface area contributed by atoms with Gasteiger partial charge in [0.05, 0.1) is 23.1 Å². The van der Waals surface area contributed by atoms with Crippen LogP contribution in [0.1, 0.15) is 25.3 Å². The fraction of sp³-hybridized carbons (Fsp3) is 0.400. The van der Waals surface area contributed by atoms with Gasteiger partial charge in [-0.2, -0.15) is 5.26 Å². The van der Waals surface area contributed by atoms with Crippen LogP contribution in [-0.2, 0) is 9.59 Å². The van der Waals surface area contributed by atoms with Gasteiger partial charge in [0, 0.05) is 5.02 Å². The van der Waals surface area contributed by atoms with Crippen molar-refractivity contribution in [1.82, 2.24) is 0 Å². The number of anilines is 1. The summed E-state index contributed by atoms with van der Waals surface area (Å²) in [6.07, 6.45) is 1.03. The molecule has 0 aromatic heterocycles. The molecule has 1 aromatic rings. The molecule has 0 radical (unpaired) electrons. The number of carbonyl (C=O) groups excluding carboxylic acids is 1. The molecule has 1 amide bonds. The molecule has 0 saturated heterocycles. The second-order valence-electron chi connectivity index (χ2n) is 5.42. The molecule has 1 saturated carbocycles. The summed E-state index contributed by atoms with van der Waals surface area (Å²) in [4.78, 5) is 23.6. The van der Waals surface area contributed by atoms with E-state index in [-0.39, 0.29) is 11.8 Å². The Morgan fingerprint density at radius 3 is 2.67 bits per heavy atom. The number of halogens is 1. The third kappa shape index (κ3) is 3.34. The van der Waals surface area contributed by atoms with E-state index in [1.165, 1.54) is 12.1 Å². The molecule has 0 spiro atoms. The van der Waals surface area contributed by atoms with Gasteiger partial charge in [-0.25, -0.2) is 0 Å². The summed E-state index contributed by atoms with van der Waals surface area (Å²) in [6, 6.07) is 6.54. The summed E-state index contributed by atoms with van der Waals surface area (Å²) in [7, 11) is 0. The van der Waals surface area contributed by atoms with Crippen molar-refractivity contribution in [2.24, 2.45) is 17.8 Å². The Morgan fingerprint density at radius 1 is 1.38 bits per heavy atom. The standard InChI is InChI=1S/C15H15ClN2O3/c1-8-4-11(12(5-8)15(20)21)14(19)18-13-6-10(16)3-2-9(13)7-17/h2-3,6,8,11-12H,4-5H2,1H3,(H,18,19)(H,20,21)/t8?,11-,12+/m0/s1. The molecule has 110 valence electrons. The lowest BCUT2D eigenvalue weighted by Gasteiger charge is -2.16. The van der Waals surface area contributed by atoms with Gasteiger partial charge in [0.25, 0.3) is 0 Å². The van der Waals surface area contributed by atoms with Crippen LogP contribution in [0.4, 0.5) is 5.69 Å². The Hall–Kier alpha value is -2.06. The smallest absolute Gasteiger partial charge is 0.307 e. The van der Waals surface area contributed by atoms with E-state index in [9.17, 15) is 14.7 Å². The highest BCUT2D eigenvalue weighted by atomic mass is 35.5. The van der Waals surface area contributed by atoms with Crippen molar-refractivity contribution in [3.05, 3.63) is 28.8 Å². The third-order valence-electron chi connectivity index (χ3n) is 3.81. The van der Waals surface area contributed by atoms with Gasteiger partial charge in [0.1, 0.15) is 6.07 Å². The van der Waals surface area contributed by atoms with Gasteiger partial charge in [0.15, 0.2) is 0 Å². The zero-order valence-electron chi connectivity index (χ0n) is 11.5. The molecule has 1 unspecified atom stereocenters. The number of amides is 1. The number of rotatable bonds is 3. The van der Waals surface area contributed by atoms with Crippen LogP contribution in [-0.4, -0.2) is 17.0 Å². The van der Waals surface area contributed by atoms with Crippen LogP contribution in [0.5, 0.6) is 0 Å². The van der Waals surface area contributed by atoms with Gasteiger partial charge >= 0.3 is 5.97 Å². The molecular weight excluding hydrogens is 292 g/mol. The number of benzene rings is 1. The molecule has 2 rings (SSSR count). The lowest BCUT2D eigenvalue weighted by Crippen LogP contribution is -2.30. The lowest BCUT2D eigenvalue weighted by atomic mass is 9.95. The van der Waals surface area contributed by atoms with Crippen molar-refractivity contribution in [3.8, 4) is 6.07 Å². The number of carboxylic acids is 1. The summed E-state index contributed by atoms with van der Waals surface area (Å²) < 4.78 is 0. The Balaban J connectivity index is 2.20. The van der Waals surface area contributed by atoms with E-state index in [4.69, 9.17) is 16.9 Å². The first-order valence-corrected chi connectivity index (χ1v) is 7.03. The SMILES string of the molecule is CC1C[C@H](C(=O)Nc2cc(Cl)ccc2C#N)[C@H](C(=O)O)C1. The maximum absolute atomic E-state index is 12.3. The molecule has 2 N–H and O–H groups in total. The van der Waals surface area contributed by atoms with E-state index in [2.05, 4.69) is 5.32 Å². The van der Waals surface area contributed by atoms with E-state index in [1.807, 2.05) is 13.0 Å². The monoisotopic (exact) mass is 306 g/mol. The van der Waals surface area contributed by atoms with Crippen LogP contribution >= 0.6 is 11.6 Å². The fourth-order valence-corrected chi connectivity index (χ4v) is 2.97. The highest BCUT2D eigenvalue weighted by molar-refractivity contribution is 6.31. The fourth-order valence-electron chi connectivity index (χ4n) is 2.80. The minimum absolute atomic E-state index is 0.191. The molecular formula is C15H15ClN2O3. The number of hydrogen-bond donors (Lipinski definition) is 2. The normalized spacial score (nSPS) is 24.3. The van der Waals surface area contributed by atoms with Gasteiger partial charge in [-0.3, -0.25) is 9.59 Å². The Labute approximate surface area is 127 Å². The lowest BCUT2D eigenvalue weighted by molar-refractivity contribution is -0.145. The van der Waals surface area contributed by atoms with E-state index in [1.54, 1.807) is 6.07 Å². The predicted molar refractivity (Wildman–Crippen MR) is 77.8 cm³/mol. The van der Waals surface area contributed by atoms with Crippen LogP contribution in [0.15, 0.2) is 18.2 Å². The van der Waals surface area contributed by atoms with Gasteiger partial charge in [-0.15, -0.1) is 0 Å². The Kier molecular flexibility index (Phi) is 4.49. The molecule has 6 heteroatoms. The van der Waals surface area contributed by atoms with Crippen LogP contribution in [0.25, 0.3) is 0 Å². The summed E-state index contributed by atoms with van der Waals surface area (Å²) in [5, 5.41) is 21.3. The number of aliphatic carboxylic acids is 1. The van der Waals surface area contributed by atoms with Crippen molar-refractivity contribution < 1.29 is 14.7 Å². The quantitative estimate of drug-likeness (QED) is 0.898. The number of nitrogens with one attached hydrogen (secondary N) is 1. The maximum Gasteiger partial charge on any atom is 0.307 e. The molecule has 0 aliphatic heterocycles. The molecule has 1 aliphatic rings. The number of carboxylic acid groups (broad SMARTS) is 1. The first-order chi connectivity index (χ1) is 9.92. The van der Waals surface area contributed by atoms with Crippen molar-refractivity contribution in [1.29, 1.82) is 5.26 Å². The topological polar surface area (TPSA) is 90.2 Å². The van der Waals surface area contributed by atoms with Gasteiger partial charge < -0.3 is 10.4 Å². The van der Waals surface area contributed by atoms with Gasteiger partial charge in [-0.05, 0) is 37.0 Å². The second kappa shape index (κ2) is 6.15. The molecule has 0 heterocycles. The summed E-state index contributed by atoms with van der Waals surface area (Å²) in [5.41, 5.74) is 0.615. The number of hydrogen-bond acceptors (Lipinski definition) is 3. The first-order valence-electron chi connectivity index (χ1n) is 6.65.